The second-order valence-electron chi connectivity index (χ2n) is 10.2. The molecule has 5 rings (SSSR count). The molecule has 2 atom stereocenters. The number of nitriles is 1. The molecule has 3 aromatic rings. The quantitative estimate of drug-likeness (QED) is 0.503. The van der Waals surface area contributed by atoms with Gasteiger partial charge in [0.15, 0.2) is 0 Å². The van der Waals surface area contributed by atoms with Crippen LogP contribution in [-0.4, -0.2) is 65.4 Å². The average molecular weight is 517 g/mol. The number of ether oxygens (including phenoxy) is 1. The number of hydrogen-bond donors (Lipinski definition) is 1. The van der Waals surface area contributed by atoms with E-state index in [0.29, 0.717) is 17.4 Å². The first-order chi connectivity index (χ1) is 17.8. The summed E-state index contributed by atoms with van der Waals surface area (Å²) < 4.78 is 5.75. The van der Waals surface area contributed by atoms with Crippen LogP contribution in [0.4, 0.5) is 4.79 Å². The van der Waals surface area contributed by atoms with Crippen LogP contribution in [0.5, 0.6) is 5.75 Å². The molecule has 1 aromatic heterocycles. The van der Waals surface area contributed by atoms with Crippen LogP contribution in [0.3, 0.4) is 0 Å². The maximum atomic E-state index is 13.0. The van der Waals surface area contributed by atoms with Gasteiger partial charge in [-0.05, 0) is 76.5 Å². The minimum Gasteiger partial charge on any atom is -0.490 e. The second-order valence-corrected chi connectivity index (χ2v) is 11.1. The highest BCUT2D eigenvalue weighted by atomic mass is 32.1. The molecular weight excluding hydrogens is 484 g/mol. The third kappa shape index (κ3) is 5.17. The number of likely N-dealkylation sites (N-methyl/N-ethyl adjacent to an activating group) is 1. The molecule has 0 spiro atoms. The predicted octanol–water partition coefficient (Wildman–Crippen LogP) is 4.86. The fraction of sp³-hybridized carbons (Fsp3) is 0.429. The molecule has 1 unspecified atom stereocenters. The highest BCUT2D eigenvalue weighted by Crippen LogP contribution is 2.40. The van der Waals surface area contributed by atoms with Crippen molar-refractivity contribution in [2.24, 2.45) is 0 Å². The Kier molecular flexibility index (Phi) is 7.13. The Balaban J connectivity index is 1.34. The number of nitrogens with one attached hydrogen (secondary N) is 1. The Labute approximate surface area is 221 Å². The Hall–Kier alpha value is -3.48. The third-order valence-corrected chi connectivity index (χ3v) is 8.12. The molecule has 1 saturated heterocycles. The van der Waals surface area contributed by atoms with Crippen molar-refractivity contribution >= 4 is 17.4 Å². The zero-order valence-electron chi connectivity index (χ0n) is 21.7. The molecule has 192 valence electrons. The van der Waals surface area contributed by atoms with E-state index in [1.165, 1.54) is 16.9 Å². The highest BCUT2D eigenvalue weighted by Gasteiger charge is 2.32. The molecule has 1 fully saturated rings. The van der Waals surface area contributed by atoms with Crippen LogP contribution in [0.25, 0.3) is 21.1 Å². The third-order valence-electron chi connectivity index (χ3n) is 7.11. The molecule has 0 bridgehead atoms. The van der Waals surface area contributed by atoms with E-state index in [0.717, 1.165) is 59.1 Å². The number of fused-ring (bicyclic) bond motifs is 1. The molecule has 2 aromatic carbocycles. The summed E-state index contributed by atoms with van der Waals surface area (Å²) in [7, 11) is 4.14. The summed E-state index contributed by atoms with van der Waals surface area (Å²) in [5.74, 6) is 0.575. The summed E-state index contributed by atoms with van der Waals surface area (Å²) in [4.78, 5) is 17.1. The fourth-order valence-electron chi connectivity index (χ4n) is 5.15. The lowest BCUT2D eigenvalue weighted by Crippen LogP contribution is -2.41. The number of urea groups is 1. The van der Waals surface area contributed by atoms with Gasteiger partial charge < -0.3 is 19.9 Å². The van der Waals surface area contributed by atoms with Gasteiger partial charge in [0.2, 0.25) is 0 Å². The number of carbonyl (C=O) groups is 1. The van der Waals surface area contributed by atoms with Gasteiger partial charge >= 0.3 is 6.03 Å². The summed E-state index contributed by atoms with van der Waals surface area (Å²) >= 11 is 1.51. The van der Waals surface area contributed by atoms with Gasteiger partial charge in [-0.3, -0.25) is 0 Å². The smallest absolute Gasteiger partial charge is 0.317 e. The van der Waals surface area contributed by atoms with E-state index >= 15 is 0 Å². The molecule has 0 saturated carbocycles. The number of aromatic nitrogens is 2. The van der Waals surface area contributed by atoms with Crippen LogP contribution in [-0.2, 0) is 6.42 Å². The summed E-state index contributed by atoms with van der Waals surface area (Å²) in [6.07, 6.45) is 2.75. The van der Waals surface area contributed by atoms with E-state index in [2.05, 4.69) is 52.7 Å². The average Bonchev–Trinajstić information content (AvgIpc) is 3.64. The summed E-state index contributed by atoms with van der Waals surface area (Å²) in [5.41, 5.74) is 4.77. The van der Waals surface area contributed by atoms with Crippen molar-refractivity contribution in [3.63, 3.8) is 0 Å². The van der Waals surface area contributed by atoms with Crippen molar-refractivity contribution in [2.75, 3.05) is 27.2 Å². The Bertz CT molecular complexity index is 1340. The van der Waals surface area contributed by atoms with Gasteiger partial charge in [0.05, 0.1) is 17.7 Å². The maximum absolute atomic E-state index is 13.0. The second kappa shape index (κ2) is 10.5. The molecule has 1 aliphatic carbocycles. The normalized spacial score (nSPS) is 18.8. The van der Waals surface area contributed by atoms with Crippen molar-refractivity contribution in [1.29, 1.82) is 5.26 Å². The number of hydrogen-bond acceptors (Lipinski definition) is 7. The number of nitrogens with zero attached hydrogens (tertiary/aromatic N) is 5. The van der Waals surface area contributed by atoms with Crippen molar-refractivity contribution in [2.45, 2.75) is 51.3 Å². The molecule has 0 radical (unpaired) electrons. The lowest BCUT2D eigenvalue weighted by Gasteiger charge is -2.23. The van der Waals surface area contributed by atoms with Gasteiger partial charge in [-0.1, -0.05) is 29.5 Å². The Morgan fingerprint density at radius 1 is 1.22 bits per heavy atom. The molecular formula is C28H32N6O2S. The number of benzene rings is 2. The van der Waals surface area contributed by atoms with Crippen LogP contribution in [0.2, 0.25) is 0 Å². The molecule has 37 heavy (non-hydrogen) atoms. The molecule has 1 aliphatic heterocycles. The van der Waals surface area contributed by atoms with Gasteiger partial charge in [-0.2, -0.15) is 5.26 Å². The Morgan fingerprint density at radius 3 is 2.76 bits per heavy atom. The van der Waals surface area contributed by atoms with Crippen LogP contribution < -0.4 is 10.1 Å². The predicted molar refractivity (Wildman–Crippen MR) is 145 cm³/mol. The van der Waals surface area contributed by atoms with Crippen LogP contribution >= 0.6 is 11.3 Å². The van der Waals surface area contributed by atoms with Crippen molar-refractivity contribution in [1.82, 2.24) is 25.3 Å². The van der Waals surface area contributed by atoms with Gasteiger partial charge in [-0.15, -0.1) is 10.2 Å². The first-order valence-corrected chi connectivity index (χ1v) is 13.5. The summed E-state index contributed by atoms with van der Waals surface area (Å²) in [6.45, 7) is 5.44. The fourth-order valence-corrected chi connectivity index (χ4v) is 6.04. The SMILES string of the molecule is CC(C)Oc1ccc(-c2nnc(-c3cccc4c3CC[C@@H]4NC(=O)N3CCC(N(C)C)C3)s2)cc1C#N. The maximum Gasteiger partial charge on any atom is 0.317 e. The topological polar surface area (TPSA) is 94.4 Å². The van der Waals surface area contributed by atoms with Crippen molar-refractivity contribution < 1.29 is 9.53 Å². The van der Waals surface area contributed by atoms with Crippen LogP contribution in [0.1, 0.15) is 49.4 Å². The van der Waals surface area contributed by atoms with Crippen LogP contribution in [0, 0.1) is 11.3 Å². The minimum absolute atomic E-state index is 0.0000589. The van der Waals surface area contributed by atoms with E-state index in [9.17, 15) is 10.1 Å². The van der Waals surface area contributed by atoms with E-state index < -0.39 is 0 Å². The molecule has 2 aliphatic rings. The van der Waals surface area contributed by atoms with Crippen LogP contribution in [0.15, 0.2) is 36.4 Å². The highest BCUT2D eigenvalue weighted by molar-refractivity contribution is 7.17. The zero-order valence-corrected chi connectivity index (χ0v) is 22.5. The summed E-state index contributed by atoms with van der Waals surface area (Å²) in [6, 6.07) is 14.4. The molecule has 2 heterocycles. The van der Waals surface area contributed by atoms with E-state index in [1.807, 2.05) is 43.0 Å². The van der Waals surface area contributed by atoms with Gasteiger partial charge in [0, 0.05) is 30.3 Å². The molecule has 9 heteroatoms. The van der Waals surface area contributed by atoms with E-state index in [-0.39, 0.29) is 18.2 Å². The van der Waals surface area contributed by atoms with Crippen molar-refractivity contribution in [3.05, 3.63) is 53.1 Å². The standard InChI is InChI=1S/C28H32N6O2S/c1-17(2)36-25-11-8-18(14-19(25)15-29)26-31-32-27(37-26)23-7-5-6-22-21(23)9-10-24(22)30-28(35)34-13-12-20(16-34)33(3)4/h5-8,11,14,17,20,24H,9-10,12-13,16H2,1-4H3,(H,30,35)/t20?,24-/m0/s1. The lowest BCUT2D eigenvalue weighted by atomic mass is 10.0. The number of amides is 2. The van der Waals surface area contributed by atoms with Gasteiger partial charge in [-0.25, -0.2) is 4.79 Å². The lowest BCUT2D eigenvalue weighted by molar-refractivity contribution is 0.199. The first-order valence-electron chi connectivity index (χ1n) is 12.7. The molecule has 8 nitrogen and oxygen atoms in total. The zero-order chi connectivity index (χ0) is 26.1. The number of carbonyl (C=O) groups excluding carboxylic acids is 1. The summed E-state index contributed by atoms with van der Waals surface area (Å²) in [5, 5.41) is 23.4. The van der Waals surface area contributed by atoms with E-state index in [1.54, 1.807) is 0 Å². The minimum atomic E-state index is -0.00909. The van der Waals surface area contributed by atoms with Crippen molar-refractivity contribution in [3.8, 4) is 33.0 Å². The van der Waals surface area contributed by atoms with E-state index in [4.69, 9.17) is 4.74 Å². The molecule has 2 amide bonds. The number of rotatable bonds is 6. The number of likely N-dealkylation sites (tertiary alicyclic amines) is 1. The monoisotopic (exact) mass is 516 g/mol. The molecule has 1 N–H and O–H groups in total. The first kappa shape index (κ1) is 25.2. The van der Waals surface area contributed by atoms with Gasteiger partial charge in [0.1, 0.15) is 21.8 Å². The van der Waals surface area contributed by atoms with Gasteiger partial charge in [0.25, 0.3) is 0 Å². The Morgan fingerprint density at radius 2 is 2.03 bits per heavy atom. The largest absolute Gasteiger partial charge is 0.490 e.